The van der Waals surface area contributed by atoms with Crippen LogP contribution in [0.4, 0.5) is 0 Å². The molecule has 0 N–H and O–H groups in total. The summed E-state index contributed by atoms with van der Waals surface area (Å²) in [5.41, 5.74) is 0. The molecular weight excluding hydrogens is 156 g/mol. The van der Waals surface area contributed by atoms with E-state index < -0.39 is 8.32 Å². The molecule has 0 rings (SSSR count). The Morgan fingerprint density at radius 1 is 1.18 bits per heavy atom. The van der Waals surface area contributed by atoms with Crippen LogP contribution in [0, 0.1) is 0 Å². The average Bonchev–Trinajstić information content (AvgIpc) is 1.87. The van der Waals surface area contributed by atoms with Gasteiger partial charge in [-0.05, 0) is 26.4 Å². The monoisotopic (exact) mass is 176 g/mol. The van der Waals surface area contributed by atoms with Crippen molar-refractivity contribution in [2.75, 3.05) is 19.4 Å². The molecule has 0 saturated carbocycles. The van der Waals surface area contributed by atoms with E-state index in [1.807, 2.05) is 6.92 Å². The molecule has 0 aromatic carbocycles. The third kappa shape index (κ3) is 6.53. The summed E-state index contributed by atoms with van der Waals surface area (Å²) in [6, 6.07) is 0. The first-order valence-corrected chi connectivity index (χ1v) is 7.45. The van der Waals surface area contributed by atoms with Gasteiger partial charge in [0.25, 0.3) is 0 Å². The van der Waals surface area contributed by atoms with Gasteiger partial charge in [0.2, 0.25) is 8.32 Å². The first-order chi connectivity index (χ1) is 5.12. The highest BCUT2D eigenvalue weighted by Crippen LogP contribution is 2.04. The summed E-state index contributed by atoms with van der Waals surface area (Å²) in [4.78, 5) is 0. The van der Waals surface area contributed by atoms with Crippen molar-refractivity contribution >= 4 is 8.32 Å². The fraction of sp³-hybridized carbons (Fsp3) is 1.00. The summed E-state index contributed by atoms with van der Waals surface area (Å²) in [6.45, 7) is 10.2. The minimum atomic E-state index is -1.46. The lowest BCUT2D eigenvalue weighted by atomic mass is 10.5. The highest BCUT2D eigenvalue weighted by Gasteiger charge is 2.21. The van der Waals surface area contributed by atoms with Crippen LogP contribution in [0.15, 0.2) is 0 Å². The van der Waals surface area contributed by atoms with E-state index in [1.165, 1.54) is 0 Å². The van der Waals surface area contributed by atoms with Crippen molar-refractivity contribution in [1.29, 1.82) is 0 Å². The molecule has 0 amide bonds. The van der Waals surface area contributed by atoms with Crippen LogP contribution < -0.4 is 0 Å². The molecule has 0 aromatic rings. The van der Waals surface area contributed by atoms with Crippen LogP contribution in [0.2, 0.25) is 13.1 Å². The van der Waals surface area contributed by atoms with Crippen molar-refractivity contribution in [2.24, 2.45) is 0 Å². The molecule has 0 atom stereocenters. The standard InChI is InChI=1S/C8H20O2Si/c1-5-7-9-8-11(3,4)10-6-2/h5-8H2,1-4H3. The van der Waals surface area contributed by atoms with Crippen LogP contribution in [0.25, 0.3) is 0 Å². The zero-order chi connectivity index (χ0) is 8.74. The third-order valence-electron chi connectivity index (χ3n) is 1.33. The molecule has 0 aromatic heterocycles. The fourth-order valence-electron chi connectivity index (χ4n) is 0.895. The average molecular weight is 176 g/mol. The van der Waals surface area contributed by atoms with Crippen molar-refractivity contribution in [3.8, 4) is 0 Å². The lowest BCUT2D eigenvalue weighted by Gasteiger charge is -2.21. The molecule has 2 nitrogen and oxygen atoms in total. The largest absolute Gasteiger partial charge is 0.415 e. The first-order valence-electron chi connectivity index (χ1n) is 4.34. The lowest BCUT2D eigenvalue weighted by Crippen LogP contribution is -2.37. The summed E-state index contributed by atoms with van der Waals surface area (Å²) in [7, 11) is -1.46. The zero-order valence-electron chi connectivity index (χ0n) is 8.14. The van der Waals surface area contributed by atoms with Gasteiger partial charge in [0.15, 0.2) is 0 Å². The molecule has 0 fully saturated rings. The topological polar surface area (TPSA) is 18.5 Å². The second-order valence-electron chi connectivity index (χ2n) is 3.25. The van der Waals surface area contributed by atoms with E-state index in [9.17, 15) is 0 Å². The van der Waals surface area contributed by atoms with E-state index in [1.54, 1.807) is 0 Å². The van der Waals surface area contributed by atoms with Crippen LogP contribution in [-0.2, 0) is 9.16 Å². The van der Waals surface area contributed by atoms with Gasteiger partial charge in [0, 0.05) is 13.2 Å². The van der Waals surface area contributed by atoms with E-state index in [-0.39, 0.29) is 0 Å². The van der Waals surface area contributed by atoms with Crippen molar-refractivity contribution in [3.05, 3.63) is 0 Å². The van der Waals surface area contributed by atoms with E-state index in [2.05, 4.69) is 20.0 Å². The molecule has 68 valence electrons. The van der Waals surface area contributed by atoms with Crippen LogP contribution >= 0.6 is 0 Å². The van der Waals surface area contributed by atoms with E-state index >= 15 is 0 Å². The fourth-order valence-corrected chi connectivity index (χ4v) is 2.40. The predicted molar refractivity (Wildman–Crippen MR) is 50.2 cm³/mol. The Kier molecular flexibility index (Phi) is 5.82. The Bertz CT molecular complexity index is 94.1. The van der Waals surface area contributed by atoms with E-state index in [0.717, 1.165) is 25.9 Å². The van der Waals surface area contributed by atoms with Gasteiger partial charge in [-0.25, -0.2) is 0 Å². The smallest absolute Gasteiger partial charge is 0.211 e. The molecule has 0 radical (unpaired) electrons. The first kappa shape index (κ1) is 11.1. The third-order valence-corrected chi connectivity index (χ3v) is 3.30. The van der Waals surface area contributed by atoms with E-state index in [4.69, 9.17) is 9.16 Å². The van der Waals surface area contributed by atoms with E-state index in [0.29, 0.717) is 0 Å². The number of hydrogen-bond acceptors (Lipinski definition) is 2. The van der Waals surface area contributed by atoms with Crippen LogP contribution in [-0.4, -0.2) is 27.8 Å². The number of hydrogen-bond donors (Lipinski definition) is 0. The quantitative estimate of drug-likeness (QED) is 0.456. The summed E-state index contributed by atoms with van der Waals surface area (Å²) < 4.78 is 11.0. The van der Waals surface area contributed by atoms with Gasteiger partial charge in [0.1, 0.15) is 0 Å². The Hall–Kier alpha value is 0.137. The molecule has 0 aliphatic heterocycles. The Morgan fingerprint density at radius 2 is 1.82 bits per heavy atom. The molecule has 0 spiro atoms. The van der Waals surface area contributed by atoms with Gasteiger partial charge in [0.05, 0.1) is 6.23 Å². The number of ether oxygens (including phenoxy) is 1. The molecule has 0 aliphatic carbocycles. The maximum atomic E-state index is 5.59. The Balaban J connectivity index is 3.38. The molecule has 11 heavy (non-hydrogen) atoms. The molecule has 0 aliphatic rings. The van der Waals surface area contributed by atoms with Gasteiger partial charge < -0.3 is 9.16 Å². The van der Waals surface area contributed by atoms with Crippen molar-refractivity contribution in [2.45, 2.75) is 33.4 Å². The predicted octanol–water partition coefficient (Wildman–Crippen LogP) is 2.19. The Morgan fingerprint density at radius 3 is 2.27 bits per heavy atom. The zero-order valence-corrected chi connectivity index (χ0v) is 9.14. The lowest BCUT2D eigenvalue weighted by molar-refractivity contribution is 0.155. The van der Waals surface area contributed by atoms with Crippen molar-refractivity contribution < 1.29 is 9.16 Å². The van der Waals surface area contributed by atoms with Crippen LogP contribution in [0.3, 0.4) is 0 Å². The van der Waals surface area contributed by atoms with Crippen molar-refractivity contribution in [3.63, 3.8) is 0 Å². The Labute approximate surface area is 71.0 Å². The van der Waals surface area contributed by atoms with Gasteiger partial charge in [-0.1, -0.05) is 6.92 Å². The number of rotatable bonds is 6. The van der Waals surface area contributed by atoms with Crippen molar-refractivity contribution in [1.82, 2.24) is 0 Å². The second kappa shape index (κ2) is 5.74. The van der Waals surface area contributed by atoms with Crippen LogP contribution in [0.5, 0.6) is 0 Å². The molecule has 0 unspecified atom stereocenters. The maximum absolute atomic E-state index is 5.59. The summed E-state index contributed by atoms with van der Waals surface area (Å²) in [5.74, 6) is 0. The molecule has 0 heterocycles. The molecule has 0 bridgehead atoms. The maximum Gasteiger partial charge on any atom is 0.211 e. The summed E-state index contributed by atoms with van der Waals surface area (Å²) in [5, 5.41) is 0. The highest BCUT2D eigenvalue weighted by molar-refractivity contribution is 6.71. The van der Waals surface area contributed by atoms with Gasteiger partial charge in [-0.2, -0.15) is 0 Å². The summed E-state index contributed by atoms with van der Waals surface area (Å²) >= 11 is 0. The van der Waals surface area contributed by atoms with Gasteiger partial charge in [-0.3, -0.25) is 0 Å². The minimum absolute atomic E-state index is 0.814. The SMILES string of the molecule is CCCOC[Si](C)(C)OCC. The molecule has 3 heteroatoms. The molecular formula is C8H20O2Si. The van der Waals surface area contributed by atoms with Gasteiger partial charge >= 0.3 is 0 Å². The summed E-state index contributed by atoms with van der Waals surface area (Å²) in [6.07, 6.45) is 1.92. The second-order valence-corrected chi connectivity index (χ2v) is 7.34. The minimum Gasteiger partial charge on any atom is -0.415 e. The highest BCUT2D eigenvalue weighted by atomic mass is 28.4. The van der Waals surface area contributed by atoms with Gasteiger partial charge in [-0.15, -0.1) is 0 Å². The van der Waals surface area contributed by atoms with Crippen LogP contribution in [0.1, 0.15) is 20.3 Å². The normalized spacial score (nSPS) is 12.0. The molecule has 0 saturated heterocycles.